The summed E-state index contributed by atoms with van der Waals surface area (Å²) < 4.78 is 7.58. The van der Waals surface area contributed by atoms with Gasteiger partial charge in [-0.05, 0) is 45.4 Å². The molecule has 2 aromatic heterocycles. The molecule has 8 nitrogen and oxygen atoms in total. The molecule has 2 aromatic rings. The molecular weight excluding hydrogens is 318 g/mol. The number of rotatable bonds is 7. The highest BCUT2D eigenvalue weighted by atomic mass is 16.5. The molecule has 1 aliphatic heterocycles. The molecule has 8 heteroatoms. The third-order valence-corrected chi connectivity index (χ3v) is 4.69. The third kappa shape index (κ3) is 4.00. The van der Waals surface area contributed by atoms with Gasteiger partial charge in [0, 0.05) is 32.0 Å². The van der Waals surface area contributed by atoms with Crippen molar-refractivity contribution in [2.45, 2.75) is 58.5 Å². The van der Waals surface area contributed by atoms with Crippen molar-refractivity contribution in [1.29, 1.82) is 0 Å². The lowest BCUT2D eigenvalue weighted by atomic mass is 9.96. The van der Waals surface area contributed by atoms with E-state index in [2.05, 4.69) is 62.6 Å². The first kappa shape index (κ1) is 17.8. The smallest absolute Gasteiger partial charge is 0.266 e. The van der Waals surface area contributed by atoms with Crippen molar-refractivity contribution in [3.63, 3.8) is 0 Å². The number of hydrogen-bond acceptors (Lipinski definition) is 7. The zero-order chi connectivity index (χ0) is 17.8. The van der Waals surface area contributed by atoms with Crippen molar-refractivity contribution in [1.82, 2.24) is 29.8 Å². The molecule has 3 rings (SSSR count). The molecule has 0 N–H and O–H groups in total. The predicted molar refractivity (Wildman–Crippen MR) is 95.6 cm³/mol. The van der Waals surface area contributed by atoms with Crippen molar-refractivity contribution in [3.05, 3.63) is 17.5 Å². The Hall–Kier alpha value is -1.96. The molecule has 0 bridgehead atoms. The van der Waals surface area contributed by atoms with Gasteiger partial charge in [-0.15, -0.1) is 10.2 Å². The number of aromatic nitrogens is 5. The van der Waals surface area contributed by atoms with E-state index >= 15 is 0 Å². The Kier molecular flexibility index (Phi) is 5.67. The molecule has 138 valence electrons. The normalized spacial score (nSPS) is 16.1. The molecule has 0 aromatic carbocycles. The summed E-state index contributed by atoms with van der Waals surface area (Å²) >= 11 is 0. The van der Waals surface area contributed by atoms with Gasteiger partial charge in [0.15, 0.2) is 0 Å². The lowest BCUT2D eigenvalue weighted by Gasteiger charge is -2.30. The van der Waals surface area contributed by atoms with Crippen molar-refractivity contribution < 1.29 is 4.52 Å². The van der Waals surface area contributed by atoms with Gasteiger partial charge in [-0.1, -0.05) is 6.92 Å². The summed E-state index contributed by atoms with van der Waals surface area (Å²) in [6, 6.07) is 0. The van der Waals surface area contributed by atoms with Crippen LogP contribution in [0.4, 0.5) is 5.95 Å². The molecule has 0 atom stereocenters. The molecule has 0 spiro atoms. The van der Waals surface area contributed by atoms with E-state index in [-0.39, 0.29) is 0 Å². The van der Waals surface area contributed by atoms with E-state index in [4.69, 9.17) is 4.52 Å². The van der Waals surface area contributed by atoms with Crippen LogP contribution in [0.5, 0.6) is 0 Å². The van der Waals surface area contributed by atoms with Gasteiger partial charge < -0.3 is 18.9 Å². The molecule has 0 unspecified atom stereocenters. The Balaban J connectivity index is 1.64. The van der Waals surface area contributed by atoms with Crippen LogP contribution in [-0.2, 0) is 19.5 Å². The minimum Gasteiger partial charge on any atom is -0.338 e. The topological polar surface area (TPSA) is 76.1 Å². The number of nitrogens with zero attached hydrogens (tertiary/aromatic N) is 7. The Bertz CT molecular complexity index is 670. The monoisotopic (exact) mass is 347 g/mol. The summed E-state index contributed by atoms with van der Waals surface area (Å²) in [7, 11) is 4.12. The fourth-order valence-electron chi connectivity index (χ4n) is 3.42. The molecule has 0 amide bonds. The molecule has 1 fully saturated rings. The van der Waals surface area contributed by atoms with Crippen molar-refractivity contribution >= 4 is 5.95 Å². The second-order valence-electron chi connectivity index (χ2n) is 6.96. The molecule has 1 aliphatic rings. The van der Waals surface area contributed by atoms with Crippen LogP contribution >= 0.6 is 0 Å². The summed E-state index contributed by atoms with van der Waals surface area (Å²) in [6.07, 6.45) is 3.94. The van der Waals surface area contributed by atoms with Crippen LogP contribution in [0.2, 0.25) is 0 Å². The first-order chi connectivity index (χ1) is 12.1. The van der Waals surface area contributed by atoms with Crippen LogP contribution in [0.1, 0.15) is 56.6 Å². The third-order valence-electron chi connectivity index (χ3n) is 4.69. The highest BCUT2D eigenvalue weighted by Gasteiger charge is 2.27. The van der Waals surface area contributed by atoms with E-state index in [0.717, 1.165) is 75.4 Å². The van der Waals surface area contributed by atoms with Crippen LogP contribution in [0.3, 0.4) is 0 Å². The van der Waals surface area contributed by atoms with E-state index in [1.807, 2.05) is 0 Å². The highest BCUT2D eigenvalue weighted by molar-refractivity contribution is 5.29. The molecular formula is C17H29N7O. The van der Waals surface area contributed by atoms with Crippen molar-refractivity contribution in [3.8, 4) is 0 Å². The summed E-state index contributed by atoms with van der Waals surface area (Å²) in [4.78, 5) is 8.85. The van der Waals surface area contributed by atoms with Gasteiger partial charge in [-0.3, -0.25) is 0 Å². The fourth-order valence-corrected chi connectivity index (χ4v) is 3.42. The van der Waals surface area contributed by atoms with Gasteiger partial charge in [-0.2, -0.15) is 4.98 Å². The lowest BCUT2D eigenvalue weighted by Crippen LogP contribution is -2.34. The Morgan fingerprint density at radius 2 is 1.92 bits per heavy atom. The van der Waals surface area contributed by atoms with Crippen LogP contribution in [0.25, 0.3) is 0 Å². The van der Waals surface area contributed by atoms with Crippen molar-refractivity contribution in [2.75, 3.05) is 32.1 Å². The standard InChI is InChI=1S/C17H29N7O/c1-5-7-15-18-17(21-25-15)23-10-8-13(9-11-23)16-20-19-14(12-22(3)4)24(16)6-2/h13H,5-12H2,1-4H3. The summed E-state index contributed by atoms with van der Waals surface area (Å²) in [5, 5.41) is 13.1. The summed E-state index contributed by atoms with van der Waals surface area (Å²) in [6.45, 7) is 7.87. The Morgan fingerprint density at radius 1 is 1.16 bits per heavy atom. The van der Waals surface area contributed by atoms with Crippen molar-refractivity contribution in [2.24, 2.45) is 0 Å². The lowest BCUT2D eigenvalue weighted by molar-refractivity contribution is 0.372. The van der Waals surface area contributed by atoms with E-state index in [0.29, 0.717) is 5.92 Å². The first-order valence-electron chi connectivity index (χ1n) is 9.26. The van der Waals surface area contributed by atoms with Gasteiger partial charge >= 0.3 is 0 Å². The van der Waals surface area contributed by atoms with Crippen LogP contribution in [0.15, 0.2) is 4.52 Å². The largest absolute Gasteiger partial charge is 0.338 e. The number of anilines is 1. The number of piperidine rings is 1. The SMILES string of the molecule is CCCc1nc(N2CCC(c3nnc(CN(C)C)n3CC)CC2)no1. The van der Waals surface area contributed by atoms with E-state index in [1.54, 1.807) is 0 Å². The quantitative estimate of drug-likeness (QED) is 0.759. The maximum Gasteiger partial charge on any atom is 0.266 e. The van der Waals surface area contributed by atoms with Gasteiger partial charge in [-0.25, -0.2) is 0 Å². The molecule has 0 radical (unpaired) electrons. The number of hydrogen-bond donors (Lipinski definition) is 0. The van der Waals surface area contributed by atoms with Gasteiger partial charge in [0.2, 0.25) is 5.89 Å². The maximum atomic E-state index is 5.31. The van der Waals surface area contributed by atoms with E-state index in [1.165, 1.54) is 0 Å². The average Bonchev–Trinajstić information content (AvgIpc) is 3.22. The van der Waals surface area contributed by atoms with Crippen LogP contribution in [0, 0.1) is 0 Å². The average molecular weight is 347 g/mol. The van der Waals surface area contributed by atoms with Gasteiger partial charge in [0.1, 0.15) is 11.6 Å². The van der Waals surface area contributed by atoms with Gasteiger partial charge in [0.05, 0.1) is 6.54 Å². The van der Waals surface area contributed by atoms with E-state index in [9.17, 15) is 0 Å². The summed E-state index contributed by atoms with van der Waals surface area (Å²) in [5.74, 6) is 4.08. The molecule has 0 saturated carbocycles. The first-order valence-corrected chi connectivity index (χ1v) is 9.26. The predicted octanol–water partition coefficient (Wildman–Crippen LogP) is 2.08. The fraction of sp³-hybridized carbons (Fsp3) is 0.765. The number of aryl methyl sites for hydroxylation is 1. The minimum atomic E-state index is 0.446. The molecule has 25 heavy (non-hydrogen) atoms. The van der Waals surface area contributed by atoms with E-state index < -0.39 is 0 Å². The second-order valence-corrected chi connectivity index (χ2v) is 6.96. The Morgan fingerprint density at radius 3 is 2.56 bits per heavy atom. The van der Waals surface area contributed by atoms with Crippen LogP contribution in [-0.4, -0.2) is 57.0 Å². The molecule has 1 saturated heterocycles. The minimum absolute atomic E-state index is 0.446. The molecule has 3 heterocycles. The summed E-state index contributed by atoms with van der Waals surface area (Å²) in [5.41, 5.74) is 0. The Labute approximate surface area is 149 Å². The van der Waals surface area contributed by atoms with Gasteiger partial charge in [0.25, 0.3) is 5.95 Å². The highest BCUT2D eigenvalue weighted by Crippen LogP contribution is 2.29. The second kappa shape index (κ2) is 7.95. The zero-order valence-electron chi connectivity index (χ0n) is 15.8. The van der Waals surface area contributed by atoms with Crippen LogP contribution < -0.4 is 4.90 Å². The maximum absolute atomic E-state index is 5.31. The zero-order valence-corrected chi connectivity index (χ0v) is 15.8. The molecule has 0 aliphatic carbocycles.